The van der Waals surface area contributed by atoms with Crippen LogP contribution in [0.5, 0.6) is 0 Å². The molecule has 92 valence electrons. The van der Waals surface area contributed by atoms with Crippen LogP contribution in [0.15, 0.2) is 18.9 Å². The van der Waals surface area contributed by atoms with E-state index in [4.69, 9.17) is 10.8 Å². The monoisotopic (exact) mass is 234 g/mol. The van der Waals surface area contributed by atoms with Gasteiger partial charge in [-0.3, -0.25) is 4.79 Å². The summed E-state index contributed by atoms with van der Waals surface area (Å²) in [5, 5.41) is 8.81. The van der Waals surface area contributed by atoms with E-state index in [1.807, 2.05) is 36.9 Å². The first-order valence-electron chi connectivity index (χ1n) is 5.43. The molecule has 0 spiro atoms. The van der Waals surface area contributed by atoms with Crippen molar-refractivity contribution < 1.29 is 9.90 Å². The summed E-state index contributed by atoms with van der Waals surface area (Å²) < 4.78 is 1.95. The Hall–Kier alpha value is -1.81. The molecular formula is C13H18N2O2. The second-order valence-electron chi connectivity index (χ2n) is 3.92. The summed E-state index contributed by atoms with van der Waals surface area (Å²) in [7, 11) is 1.91. The van der Waals surface area contributed by atoms with Crippen molar-refractivity contribution in [2.75, 3.05) is 0 Å². The molecule has 0 aromatic carbocycles. The van der Waals surface area contributed by atoms with Crippen LogP contribution in [0.4, 0.5) is 0 Å². The molecular weight excluding hydrogens is 216 g/mol. The number of rotatable bonds is 5. The van der Waals surface area contributed by atoms with Gasteiger partial charge in [0.1, 0.15) is 6.04 Å². The lowest BCUT2D eigenvalue weighted by Gasteiger charge is -2.05. The van der Waals surface area contributed by atoms with Crippen molar-refractivity contribution in [3.63, 3.8) is 0 Å². The fraction of sp³-hybridized carbons (Fsp3) is 0.308. The highest BCUT2D eigenvalue weighted by molar-refractivity contribution is 5.74. The molecule has 1 rings (SSSR count). The number of carboxylic acids is 1. The van der Waals surface area contributed by atoms with Crippen molar-refractivity contribution in [3.8, 4) is 0 Å². The van der Waals surface area contributed by atoms with Crippen LogP contribution in [0.1, 0.15) is 23.7 Å². The Morgan fingerprint density at radius 3 is 2.82 bits per heavy atom. The molecule has 4 heteroatoms. The zero-order chi connectivity index (χ0) is 13.0. The number of carboxylic acid groups (broad SMARTS) is 1. The van der Waals surface area contributed by atoms with E-state index < -0.39 is 12.0 Å². The van der Waals surface area contributed by atoms with Gasteiger partial charge in [-0.1, -0.05) is 18.7 Å². The molecule has 4 nitrogen and oxygen atoms in total. The standard InChI is InChI=1S/C13H18N2O2/c1-4-6-12-10(5-2)9(8-15(12)3)7-11(14)13(16)17/h4-6,8,11H,2,7,14H2,1,3H3,(H,16,17)/b6-4-. The minimum Gasteiger partial charge on any atom is -0.480 e. The molecule has 0 aliphatic carbocycles. The average Bonchev–Trinajstić information content (AvgIpc) is 2.55. The lowest BCUT2D eigenvalue weighted by atomic mass is 10.0. The molecule has 0 bridgehead atoms. The van der Waals surface area contributed by atoms with Crippen molar-refractivity contribution in [2.45, 2.75) is 19.4 Å². The van der Waals surface area contributed by atoms with Crippen LogP contribution in [-0.2, 0) is 18.3 Å². The molecule has 0 radical (unpaired) electrons. The quantitative estimate of drug-likeness (QED) is 0.814. The van der Waals surface area contributed by atoms with E-state index in [0.29, 0.717) is 6.42 Å². The van der Waals surface area contributed by atoms with E-state index in [2.05, 4.69) is 6.58 Å². The number of allylic oxidation sites excluding steroid dienone is 1. The van der Waals surface area contributed by atoms with E-state index in [1.54, 1.807) is 6.08 Å². The summed E-state index contributed by atoms with van der Waals surface area (Å²) in [6, 6.07) is -0.880. The topological polar surface area (TPSA) is 68.2 Å². The molecule has 1 aromatic rings. The van der Waals surface area contributed by atoms with Crippen LogP contribution in [0, 0.1) is 0 Å². The summed E-state index contributed by atoms with van der Waals surface area (Å²) in [5.74, 6) is -0.989. The molecule has 0 fully saturated rings. The predicted molar refractivity (Wildman–Crippen MR) is 69.5 cm³/mol. The van der Waals surface area contributed by atoms with E-state index in [1.165, 1.54) is 0 Å². The van der Waals surface area contributed by atoms with Gasteiger partial charge >= 0.3 is 5.97 Å². The Balaban J connectivity index is 3.12. The van der Waals surface area contributed by atoms with Crippen LogP contribution in [0.2, 0.25) is 0 Å². The number of carbonyl (C=O) groups is 1. The SMILES string of the molecule is C=Cc1c(CC(N)C(=O)O)cn(C)c1/C=C\C. The third kappa shape index (κ3) is 2.85. The number of nitrogens with zero attached hydrogens (tertiary/aromatic N) is 1. The second kappa shape index (κ2) is 5.50. The molecule has 17 heavy (non-hydrogen) atoms. The highest BCUT2D eigenvalue weighted by Gasteiger charge is 2.17. The van der Waals surface area contributed by atoms with Crippen molar-refractivity contribution in [3.05, 3.63) is 35.7 Å². The fourth-order valence-electron chi connectivity index (χ4n) is 1.82. The average molecular weight is 234 g/mol. The molecule has 0 amide bonds. The van der Waals surface area contributed by atoms with Gasteiger partial charge < -0.3 is 15.4 Å². The Labute approximate surface area is 101 Å². The highest BCUT2D eigenvalue weighted by atomic mass is 16.4. The summed E-state index contributed by atoms with van der Waals surface area (Å²) in [5.41, 5.74) is 8.41. The lowest BCUT2D eigenvalue weighted by molar-refractivity contribution is -0.138. The minimum absolute atomic E-state index is 0.308. The van der Waals surface area contributed by atoms with Crippen LogP contribution in [0.3, 0.4) is 0 Å². The maximum absolute atomic E-state index is 10.7. The largest absolute Gasteiger partial charge is 0.480 e. The fourth-order valence-corrected chi connectivity index (χ4v) is 1.82. The molecule has 0 saturated carbocycles. The van der Waals surface area contributed by atoms with E-state index in [9.17, 15) is 4.79 Å². The zero-order valence-electron chi connectivity index (χ0n) is 10.2. The molecule has 1 atom stereocenters. The van der Waals surface area contributed by atoms with E-state index >= 15 is 0 Å². The number of aromatic nitrogens is 1. The maximum atomic E-state index is 10.7. The number of hydrogen-bond donors (Lipinski definition) is 2. The predicted octanol–water partition coefficient (Wildman–Crippen LogP) is 1.66. The molecule has 3 N–H and O–H groups in total. The van der Waals surface area contributed by atoms with E-state index in [-0.39, 0.29) is 0 Å². The van der Waals surface area contributed by atoms with Crippen LogP contribution < -0.4 is 5.73 Å². The number of aryl methyl sites for hydroxylation is 1. The molecule has 1 heterocycles. The molecule has 0 saturated heterocycles. The van der Waals surface area contributed by atoms with Gasteiger partial charge in [-0.25, -0.2) is 0 Å². The lowest BCUT2D eigenvalue weighted by Crippen LogP contribution is -2.32. The first kappa shape index (κ1) is 13.3. The Kier molecular flexibility index (Phi) is 4.29. The van der Waals surface area contributed by atoms with Crippen molar-refractivity contribution in [1.29, 1.82) is 0 Å². The van der Waals surface area contributed by atoms with Crippen molar-refractivity contribution in [1.82, 2.24) is 4.57 Å². The first-order valence-corrected chi connectivity index (χ1v) is 5.43. The second-order valence-corrected chi connectivity index (χ2v) is 3.92. The number of hydrogen-bond acceptors (Lipinski definition) is 2. The van der Waals surface area contributed by atoms with Gasteiger partial charge in [0, 0.05) is 30.9 Å². The van der Waals surface area contributed by atoms with Crippen LogP contribution in [-0.4, -0.2) is 21.7 Å². The van der Waals surface area contributed by atoms with Gasteiger partial charge in [-0.2, -0.15) is 0 Å². The highest BCUT2D eigenvalue weighted by Crippen LogP contribution is 2.21. The minimum atomic E-state index is -0.989. The smallest absolute Gasteiger partial charge is 0.320 e. The normalized spacial score (nSPS) is 12.9. The first-order chi connectivity index (χ1) is 8.01. The third-order valence-electron chi connectivity index (χ3n) is 2.64. The number of nitrogens with two attached hydrogens (primary N) is 1. The molecule has 1 unspecified atom stereocenters. The van der Waals surface area contributed by atoms with Gasteiger partial charge in [0.25, 0.3) is 0 Å². The van der Waals surface area contributed by atoms with Gasteiger partial charge in [0.2, 0.25) is 0 Å². The Morgan fingerprint density at radius 2 is 2.35 bits per heavy atom. The molecule has 1 aromatic heterocycles. The van der Waals surface area contributed by atoms with Gasteiger partial charge in [-0.05, 0) is 18.6 Å². The third-order valence-corrected chi connectivity index (χ3v) is 2.64. The molecule has 0 aliphatic rings. The maximum Gasteiger partial charge on any atom is 0.320 e. The summed E-state index contributed by atoms with van der Waals surface area (Å²) in [6.07, 6.45) is 7.84. The number of aliphatic carboxylic acids is 1. The summed E-state index contributed by atoms with van der Waals surface area (Å²) >= 11 is 0. The molecule has 0 aliphatic heterocycles. The van der Waals surface area contributed by atoms with Gasteiger partial charge in [0.15, 0.2) is 0 Å². The summed E-state index contributed by atoms with van der Waals surface area (Å²) in [4.78, 5) is 10.7. The Morgan fingerprint density at radius 1 is 1.71 bits per heavy atom. The van der Waals surface area contributed by atoms with Gasteiger partial charge in [0.05, 0.1) is 0 Å². The van der Waals surface area contributed by atoms with Gasteiger partial charge in [-0.15, -0.1) is 0 Å². The van der Waals surface area contributed by atoms with Crippen molar-refractivity contribution >= 4 is 18.1 Å². The van der Waals surface area contributed by atoms with E-state index in [0.717, 1.165) is 16.8 Å². The zero-order valence-corrected chi connectivity index (χ0v) is 10.2. The Bertz CT molecular complexity index is 458. The summed E-state index contributed by atoms with van der Waals surface area (Å²) in [6.45, 7) is 5.70. The van der Waals surface area contributed by atoms with Crippen molar-refractivity contribution in [2.24, 2.45) is 12.8 Å². The van der Waals surface area contributed by atoms with Crippen LogP contribution >= 0.6 is 0 Å². The van der Waals surface area contributed by atoms with Crippen LogP contribution in [0.25, 0.3) is 12.2 Å².